The Kier molecular flexibility index (Phi) is 26.6. The van der Waals surface area contributed by atoms with Crippen molar-refractivity contribution in [2.24, 2.45) is 11.5 Å². The molecule has 0 bridgehead atoms. The van der Waals surface area contributed by atoms with Crippen molar-refractivity contribution in [3.63, 3.8) is 0 Å². The van der Waals surface area contributed by atoms with E-state index in [0.717, 1.165) is 19.3 Å². The number of carbonyl (C=O) groups excluding carboxylic acids is 3. The SMILES string of the molecule is CCCCCCCCCCCC(=O)OC(=O)CN.NCC(=O)[O-].[Na+]. The molecule has 4 N–H and O–H groups in total. The molecule has 0 atom stereocenters. The van der Waals surface area contributed by atoms with Gasteiger partial charge in [-0.1, -0.05) is 58.3 Å². The Morgan fingerprint density at radius 2 is 1.21 bits per heavy atom. The van der Waals surface area contributed by atoms with Gasteiger partial charge >= 0.3 is 41.5 Å². The third-order valence-corrected chi connectivity index (χ3v) is 3.05. The number of ether oxygens (including phenoxy) is 1. The minimum atomic E-state index is -1.22. The molecule has 7 nitrogen and oxygen atoms in total. The van der Waals surface area contributed by atoms with Crippen molar-refractivity contribution in [3.05, 3.63) is 0 Å². The second-order valence-corrected chi connectivity index (χ2v) is 5.20. The van der Waals surface area contributed by atoms with Crippen LogP contribution < -0.4 is 46.1 Å². The van der Waals surface area contributed by atoms with Crippen LogP contribution in [0.1, 0.15) is 71.1 Å². The number of carboxylic acids is 1. The van der Waals surface area contributed by atoms with Gasteiger partial charge in [-0.15, -0.1) is 0 Å². The topological polar surface area (TPSA) is 136 Å². The Bertz CT molecular complexity index is 328. The maximum absolute atomic E-state index is 11.1. The second-order valence-electron chi connectivity index (χ2n) is 5.20. The number of carboxylic acid groups (broad SMARTS) is 1. The van der Waals surface area contributed by atoms with Crippen molar-refractivity contribution in [3.8, 4) is 0 Å². The van der Waals surface area contributed by atoms with Gasteiger partial charge in [-0.05, 0) is 6.42 Å². The van der Waals surface area contributed by atoms with Gasteiger partial charge in [0.1, 0.15) is 0 Å². The molecule has 0 radical (unpaired) electrons. The first-order chi connectivity index (χ1) is 11.0. The van der Waals surface area contributed by atoms with Gasteiger partial charge in [-0.2, -0.15) is 0 Å². The maximum atomic E-state index is 11.1. The van der Waals surface area contributed by atoms with Crippen LogP contribution in [0.15, 0.2) is 0 Å². The van der Waals surface area contributed by atoms with E-state index in [-0.39, 0.29) is 42.6 Å². The van der Waals surface area contributed by atoms with Gasteiger partial charge < -0.3 is 26.1 Å². The summed E-state index contributed by atoms with van der Waals surface area (Å²) in [7, 11) is 0. The number of aliphatic carboxylic acids is 1. The molecular weight excluding hydrogens is 323 g/mol. The van der Waals surface area contributed by atoms with Gasteiger partial charge in [0.25, 0.3) is 0 Å². The van der Waals surface area contributed by atoms with Crippen LogP contribution >= 0.6 is 0 Å². The second kappa shape index (κ2) is 22.5. The van der Waals surface area contributed by atoms with Gasteiger partial charge in [0.05, 0.1) is 12.5 Å². The van der Waals surface area contributed by atoms with E-state index in [9.17, 15) is 9.59 Å². The number of unbranched alkanes of at least 4 members (excludes halogenated alkanes) is 8. The third-order valence-electron chi connectivity index (χ3n) is 3.05. The normalized spacial score (nSPS) is 9.29. The molecule has 0 aromatic carbocycles. The van der Waals surface area contributed by atoms with Gasteiger partial charge in [-0.3, -0.25) is 9.59 Å². The van der Waals surface area contributed by atoms with Crippen LogP contribution in [0.2, 0.25) is 0 Å². The molecule has 0 amide bonds. The monoisotopic (exact) mass is 354 g/mol. The van der Waals surface area contributed by atoms with E-state index in [1.807, 2.05) is 0 Å². The van der Waals surface area contributed by atoms with Crippen molar-refractivity contribution in [1.82, 2.24) is 0 Å². The van der Waals surface area contributed by atoms with E-state index < -0.39 is 17.9 Å². The molecule has 0 fully saturated rings. The van der Waals surface area contributed by atoms with Crippen LogP contribution in [0, 0.1) is 0 Å². The molecule has 0 aromatic heterocycles. The first kappa shape index (κ1) is 28.3. The molecule has 136 valence electrons. The van der Waals surface area contributed by atoms with Gasteiger partial charge in [0, 0.05) is 13.0 Å². The van der Waals surface area contributed by atoms with E-state index in [2.05, 4.69) is 17.4 Å². The van der Waals surface area contributed by atoms with Gasteiger partial charge in [0.2, 0.25) is 0 Å². The molecule has 0 heterocycles. The van der Waals surface area contributed by atoms with Gasteiger partial charge in [-0.25, -0.2) is 0 Å². The summed E-state index contributed by atoms with van der Waals surface area (Å²) < 4.78 is 4.47. The third kappa shape index (κ3) is 26.4. The number of rotatable bonds is 12. The van der Waals surface area contributed by atoms with Crippen molar-refractivity contribution in [2.45, 2.75) is 71.1 Å². The van der Waals surface area contributed by atoms with Crippen LogP contribution in [-0.4, -0.2) is 31.0 Å². The van der Waals surface area contributed by atoms with Crippen LogP contribution in [0.4, 0.5) is 0 Å². The maximum Gasteiger partial charge on any atom is 1.00 e. The Morgan fingerprint density at radius 1 is 0.792 bits per heavy atom. The fourth-order valence-corrected chi connectivity index (χ4v) is 1.80. The summed E-state index contributed by atoms with van der Waals surface area (Å²) in [6.45, 7) is 1.60. The van der Waals surface area contributed by atoms with Crippen LogP contribution in [-0.2, 0) is 19.1 Å². The van der Waals surface area contributed by atoms with Crippen molar-refractivity contribution < 1.29 is 53.8 Å². The summed E-state index contributed by atoms with van der Waals surface area (Å²) in [6, 6.07) is 0. The average molecular weight is 354 g/mol. The Hall–Kier alpha value is -0.470. The molecule has 8 heteroatoms. The van der Waals surface area contributed by atoms with E-state index in [1.54, 1.807) is 0 Å². The van der Waals surface area contributed by atoms with Crippen LogP contribution in [0.3, 0.4) is 0 Å². The van der Waals surface area contributed by atoms with E-state index in [4.69, 9.17) is 15.6 Å². The number of carbonyl (C=O) groups is 3. The van der Waals surface area contributed by atoms with Gasteiger partial charge in [0.15, 0.2) is 0 Å². The van der Waals surface area contributed by atoms with Crippen LogP contribution in [0.5, 0.6) is 0 Å². The van der Waals surface area contributed by atoms with E-state index in [1.165, 1.54) is 38.5 Å². The molecule has 24 heavy (non-hydrogen) atoms. The number of esters is 2. The molecule has 0 aliphatic rings. The summed E-state index contributed by atoms with van der Waals surface area (Å²) in [5, 5.41) is 9.13. The molecule has 0 saturated carbocycles. The smallest absolute Gasteiger partial charge is 0.549 e. The largest absolute Gasteiger partial charge is 1.00 e. The number of hydrogen-bond donors (Lipinski definition) is 2. The predicted octanol–water partition coefficient (Wildman–Crippen LogP) is -2.37. The minimum absolute atomic E-state index is 0. The zero-order valence-corrected chi connectivity index (χ0v) is 17.2. The minimum Gasteiger partial charge on any atom is -0.549 e. The number of nitrogens with two attached hydrogens (primary N) is 2. The molecule has 0 aromatic rings. The predicted molar refractivity (Wildman–Crippen MR) is 86.1 cm³/mol. The fraction of sp³-hybridized carbons (Fsp3) is 0.812. The van der Waals surface area contributed by atoms with Crippen molar-refractivity contribution >= 4 is 17.9 Å². The van der Waals surface area contributed by atoms with Crippen molar-refractivity contribution in [1.29, 1.82) is 0 Å². The first-order valence-corrected chi connectivity index (χ1v) is 8.31. The Morgan fingerprint density at radius 3 is 1.58 bits per heavy atom. The Labute approximate surface area is 167 Å². The van der Waals surface area contributed by atoms with Crippen LogP contribution in [0.25, 0.3) is 0 Å². The first-order valence-electron chi connectivity index (χ1n) is 8.31. The molecule has 0 spiro atoms. The summed E-state index contributed by atoms with van der Waals surface area (Å²) >= 11 is 0. The standard InChI is InChI=1S/C14H27NO3.C2H5NO2.Na/c1-2-3-4-5-6-7-8-9-10-11-13(16)18-14(17)12-15;3-1-2(4)5;/h2-12,15H2,1H3;1,3H2,(H,4,5);/q;;+1/p-1. The summed E-state index contributed by atoms with van der Waals surface area (Å²) in [5.74, 6) is -2.31. The Balaban J connectivity index is -0.000000639. The number of hydrogen-bond acceptors (Lipinski definition) is 7. The quantitative estimate of drug-likeness (QED) is 0.173. The molecular formula is C16H31N2NaO5. The molecule has 0 saturated heterocycles. The zero-order valence-electron chi connectivity index (χ0n) is 15.2. The molecule has 0 aliphatic carbocycles. The summed E-state index contributed by atoms with van der Waals surface area (Å²) in [5.41, 5.74) is 9.55. The molecule has 0 unspecified atom stereocenters. The van der Waals surface area contributed by atoms with E-state index >= 15 is 0 Å². The van der Waals surface area contributed by atoms with E-state index in [0.29, 0.717) is 6.42 Å². The van der Waals surface area contributed by atoms with Crippen molar-refractivity contribution in [2.75, 3.05) is 13.1 Å². The average Bonchev–Trinajstić information content (AvgIpc) is 2.53. The summed E-state index contributed by atoms with van der Waals surface area (Å²) in [6.07, 6.45) is 11.1. The zero-order chi connectivity index (χ0) is 17.9. The molecule has 0 aliphatic heterocycles. The molecule has 0 rings (SSSR count). The fourth-order valence-electron chi connectivity index (χ4n) is 1.80. The summed E-state index contributed by atoms with van der Waals surface area (Å²) in [4.78, 5) is 31.0.